The summed E-state index contributed by atoms with van der Waals surface area (Å²) >= 11 is 0. The number of aryl methyl sites for hydroxylation is 1. The van der Waals surface area contributed by atoms with Crippen LogP contribution < -0.4 is 5.32 Å². The van der Waals surface area contributed by atoms with Crippen LogP contribution in [0.4, 0.5) is 0 Å². The SMILES string of the molecule is C#CC(CC)NCCCn1ccnc1. The molecule has 1 atom stereocenters. The Morgan fingerprint density at radius 3 is 3.07 bits per heavy atom. The molecule has 14 heavy (non-hydrogen) atoms. The van der Waals surface area contributed by atoms with Crippen LogP contribution in [-0.4, -0.2) is 22.1 Å². The van der Waals surface area contributed by atoms with Gasteiger partial charge in [0.15, 0.2) is 0 Å². The Labute approximate surface area is 85.5 Å². The number of aromatic nitrogens is 2. The molecule has 76 valence electrons. The lowest BCUT2D eigenvalue weighted by Crippen LogP contribution is -2.28. The van der Waals surface area contributed by atoms with Gasteiger partial charge < -0.3 is 9.88 Å². The second kappa shape index (κ2) is 6.22. The highest BCUT2D eigenvalue weighted by molar-refractivity contribution is 4.97. The minimum Gasteiger partial charge on any atom is -0.337 e. The quantitative estimate of drug-likeness (QED) is 0.542. The molecule has 0 saturated heterocycles. The minimum atomic E-state index is 0.220. The largest absolute Gasteiger partial charge is 0.337 e. The van der Waals surface area contributed by atoms with Gasteiger partial charge in [-0.2, -0.15) is 0 Å². The van der Waals surface area contributed by atoms with E-state index in [1.807, 2.05) is 12.5 Å². The van der Waals surface area contributed by atoms with Crippen LogP contribution in [0.25, 0.3) is 0 Å². The van der Waals surface area contributed by atoms with Gasteiger partial charge in [0, 0.05) is 18.9 Å². The van der Waals surface area contributed by atoms with E-state index in [1.165, 1.54) is 0 Å². The second-order valence-corrected chi connectivity index (χ2v) is 3.24. The zero-order valence-corrected chi connectivity index (χ0v) is 8.61. The minimum absolute atomic E-state index is 0.220. The maximum atomic E-state index is 5.33. The van der Waals surface area contributed by atoms with Crippen molar-refractivity contribution < 1.29 is 0 Å². The first-order valence-electron chi connectivity index (χ1n) is 5.02. The normalized spacial score (nSPS) is 12.3. The van der Waals surface area contributed by atoms with Crippen LogP contribution >= 0.6 is 0 Å². The molecule has 0 fully saturated rings. The van der Waals surface area contributed by atoms with E-state index in [0.717, 1.165) is 25.9 Å². The predicted molar refractivity (Wildman–Crippen MR) is 57.8 cm³/mol. The number of nitrogens with one attached hydrogen (secondary N) is 1. The Bertz CT molecular complexity index is 271. The van der Waals surface area contributed by atoms with Crippen molar-refractivity contribution in [3.8, 4) is 12.3 Å². The summed E-state index contributed by atoms with van der Waals surface area (Å²) in [6.45, 7) is 4.04. The highest BCUT2D eigenvalue weighted by Crippen LogP contribution is 1.91. The van der Waals surface area contributed by atoms with Crippen LogP contribution in [-0.2, 0) is 6.54 Å². The molecule has 1 N–H and O–H groups in total. The summed E-state index contributed by atoms with van der Waals surface area (Å²) in [5, 5.41) is 3.31. The van der Waals surface area contributed by atoms with E-state index in [-0.39, 0.29) is 6.04 Å². The number of hydrogen-bond acceptors (Lipinski definition) is 2. The molecule has 0 aromatic carbocycles. The molecular formula is C11H17N3. The summed E-state index contributed by atoms with van der Waals surface area (Å²) in [6.07, 6.45) is 13.0. The van der Waals surface area contributed by atoms with Gasteiger partial charge in [-0.15, -0.1) is 6.42 Å². The fourth-order valence-electron chi connectivity index (χ4n) is 1.28. The zero-order valence-electron chi connectivity index (χ0n) is 8.61. The molecule has 3 nitrogen and oxygen atoms in total. The predicted octanol–water partition coefficient (Wildman–Crippen LogP) is 1.27. The molecule has 1 rings (SSSR count). The first-order chi connectivity index (χ1) is 6.86. The summed E-state index contributed by atoms with van der Waals surface area (Å²) in [5.41, 5.74) is 0. The molecule has 1 heterocycles. The standard InChI is InChI=1S/C11H17N3/c1-3-11(4-2)13-6-5-8-14-9-7-12-10-14/h1,7,9-11,13H,4-6,8H2,2H3. The van der Waals surface area contributed by atoms with Gasteiger partial charge in [0.05, 0.1) is 12.4 Å². The lowest BCUT2D eigenvalue weighted by atomic mass is 10.2. The van der Waals surface area contributed by atoms with Crippen molar-refractivity contribution in [2.45, 2.75) is 32.4 Å². The summed E-state index contributed by atoms with van der Waals surface area (Å²) in [7, 11) is 0. The third-order valence-electron chi connectivity index (χ3n) is 2.15. The molecule has 0 aliphatic carbocycles. The fourth-order valence-corrected chi connectivity index (χ4v) is 1.28. The Morgan fingerprint density at radius 2 is 2.50 bits per heavy atom. The summed E-state index contributed by atoms with van der Waals surface area (Å²) in [4.78, 5) is 3.98. The molecule has 0 amide bonds. The molecule has 0 aliphatic rings. The van der Waals surface area contributed by atoms with Gasteiger partial charge in [-0.25, -0.2) is 4.98 Å². The van der Waals surface area contributed by atoms with E-state index in [4.69, 9.17) is 6.42 Å². The highest BCUT2D eigenvalue weighted by atomic mass is 15.0. The van der Waals surface area contributed by atoms with Crippen LogP contribution in [0.5, 0.6) is 0 Å². The maximum absolute atomic E-state index is 5.33. The number of imidazole rings is 1. The van der Waals surface area contributed by atoms with E-state index in [0.29, 0.717) is 0 Å². The van der Waals surface area contributed by atoms with Gasteiger partial charge in [0.25, 0.3) is 0 Å². The third kappa shape index (κ3) is 3.63. The van der Waals surface area contributed by atoms with Crippen molar-refractivity contribution in [2.24, 2.45) is 0 Å². The second-order valence-electron chi connectivity index (χ2n) is 3.24. The van der Waals surface area contributed by atoms with Crippen molar-refractivity contribution in [2.75, 3.05) is 6.54 Å². The molecule has 1 aromatic rings. The molecule has 1 aromatic heterocycles. The van der Waals surface area contributed by atoms with Gasteiger partial charge in [-0.3, -0.25) is 0 Å². The van der Waals surface area contributed by atoms with Gasteiger partial charge in [0.2, 0.25) is 0 Å². The lowest BCUT2D eigenvalue weighted by Gasteiger charge is -2.10. The Balaban J connectivity index is 2.08. The van der Waals surface area contributed by atoms with Crippen LogP contribution in [0.2, 0.25) is 0 Å². The van der Waals surface area contributed by atoms with Crippen molar-refractivity contribution in [1.82, 2.24) is 14.9 Å². The van der Waals surface area contributed by atoms with E-state index < -0.39 is 0 Å². The molecule has 0 radical (unpaired) electrons. The first-order valence-corrected chi connectivity index (χ1v) is 5.02. The topological polar surface area (TPSA) is 29.9 Å². The zero-order chi connectivity index (χ0) is 10.2. The average Bonchev–Trinajstić information content (AvgIpc) is 2.71. The fraction of sp³-hybridized carbons (Fsp3) is 0.545. The third-order valence-corrected chi connectivity index (χ3v) is 2.15. The summed E-state index contributed by atoms with van der Waals surface area (Å²) in [5.74, 6) is 2.72. The average molecular weight is 191 g/mol. The highest BCUT2D eigenvalue weighted by Gasteiger charge is 1.98. The van der Waals surface area contributed by atoms with E-state index >= 15 is 0 Å². The van der Waals surface area contributed by atoms with Crippen LogP contribution in [0.15, 0.2) is 18.7 Å². The van der Waals surface area contributed by atoms with Crippen molar-refractivity contribution in [3.05, 3.63) is 18.7 Å². The first kappa shape index (κ1) is 10.8. The van der Waals surface area contributed by atoms with Crippen molar-refractivity contribution in [3.63, 3.8) is 0 Å². The van der Waals surface area contributed by atoms with Gasteiger partial charge in [-0.05, 0) is 19.4 Å². The molecule has 0 spiro atoms. The summed E-state index contributed by atoms with van der Waals surface area (Å²) < 4.78 is 2.07. The molecule has 3 heteroatoms. The van der Waals surface area contributed by atoms with E-state index in [1.54, 1.807) is 6.20 Å². The Kier molecular flexibility index (Phi) is 4.81. The van der Waals surface area contributed by atoms with Crippen molar-refractivity contribution in [1.29, 1.82) is 0 Å². The van der Waals surface area contributed by atoms with Gasteiger partial charge in [0.1, 0.15) is 0 Å². The number of terminal acetylenes is 1. The lowest BCUT2D eigenvalue weighted by molar-refractivity contribution is 0.539. The maximum Gasteiger partial charge on any atom is 0.0945 e. The smallest absolute Gasteiger partial charge is 0.0945 e. The van der Waals surface area contributed by atoms with Crippen LogP contribution in [0.3, 0.4) is 0 Å². The van der Waals surface area contributed by atoms with Crippen molar-refractivity contribution >= 4 is 0 Å². The Hall–Kier alpha value is -1.27. The van der Waals surface area contributed by atoms with E-state index in [2.05, 4.69) is 27.7 Å². The Morgan fingerprint density at radius 1 is 1.64 bits per heavy atom. The number of rotatable bonds is 6. The number of hydrogen-bond donors (Lipinski definition) is 1. The van der Waals surface area contributed by atoms with E-state index in [9.17, 15) is 0 Å². The monoisotopic (exact) mass is 191 g/mol. The van der Waals surface area contributed by atoms with Gasteiger partial charge in [-0.1, -0.05) is 12.8 Å². The van der Waals surface area contributed by atoms with Gasteiger partial charge >= 0.3 is 0 Å². The van der Waals surface area contributed by atoms with Crippen LogP contribution in [0, 0.1) is 12.3 Å². The molecule has 1 unspecified atom stereocenters. The molecular weight excluding hydrogens is 174 g/mol. The molecule has 0 aliphatic heterocycles. The molecule has 0 bridgehead atoms. The van der Waals surface area contributed by atoms with Crippen LogP contribution in [0.1, 0.15) is 19.8 Å². The molecule has 0 saturated carbocycles. The summed E-state index contributed by atoms with van der Waals surface area (Å²) in [6, 6.07) is 0.220. The number of nitrogens with zero attached hydrogens (tertiary/aromatic N) is 2.